The Morgan fingerprint density at radius 1 is 0.917 bits per heavy atom. The van der Waals surface area contributed by atoms with E-state index in [0.29, 0.717) is 28.6 Å². The number of hydrogen-bond donors (Lipinski definition) is 1. The van der Waals surface area contributed by atoms with Crippen molar-refractivity contribution in [3.63, 3.8) is 0 Å². The first kappa shape index (κ1) is 16.1. The third kappa shape index (κ3) is 4.37. The Hall–Kier alpha value is -2.78. The molecular formula is C20H16ClNO2. The van der Waals surface area contributed by atoms with Gasteiger partial charge in [0.1, 0.15) is 12.4 Å². The monoisotopic (exact) mass is 337 g/mol. The third-order valence-electron chi connectivity index (χ3n) is 3.45. The van der Waals surface area contributed by atoms with Gasteiger partial charge in [-0.25, -0.2) is 0 Å². The summed E-state index contributed by atoms with van der Waals surface area (Å²) in [6, 6.07) is 24.0. The van der Waals surface area contributed by atoms with E-state index in [2.05, 4.69) is 5.32 Å². The second-order valence-corrected chi connectivity index (χ2v) is 5.70. The predicted octanol–water partition coefficient (Wildman–Crippen LogP) is 5.17. The van der Waals surface area contributed by atoms with E-state index in [4.69, 9.17) is 16.3 Å². The lowest BCUT2D eigenvalue weighted by molar-refractivity contribution is 0.102. The molecule has 0 aliphatic carbocycles. The van der Waals surface area contributed by atoms with Gasteiger partial charge in [-0.1, -0.05) is 48.0 Å². The minimum Gasteiger partial charge on any atom is -0.489 e. The highest BCUT2D eigenvalue weighted by Crippen LogP contribution is 2.19. The molecule has 0 unspecified atom stereocenters. The Bertz CT molecular complexity index is 817. The maximum Gasteiger partial charge on any atom is 0.255 e. The van der Waals surface area contributed by atoms with Crippen LogP contribution in [0, 0.1) is 0 Å². The molecule has 24 heavy (non-hydrogen) atoms. The van der Waals surface area contributed by atoms with Crippen LogP contribution in [0.2, 0.25) is 5.02 Å². The molecule has 0 saturated carbocycles. The van der Waals surface area contributed by atoms with Crippen molar-refractivity contribution in [1.29, 1.82) is 0 Å². The minimum atomic E-state index is -0.188. The highest BCUT2D eigenvalue weighted by Gasteiger charge is 2.06. The van der Waals surface area contributed by atoms with Crippen molar-refractivity contribution < 1.29 is 9.53 Å². The summed E-state index contributed by atoms with van der Waals surface area (Å²) in [5, 5.41) is 3.45. The smallest absolute Gasteiger partial charge is 0.255 e. The van der Waals surface area contributed by atoms with E-state index in [1.165, 1.54) is 0 Å². The average molecular weight is 338 g/mol. The van der Waals surface area contributed by atoms with Crippen LogP contribution in [0.5, 0.6) is 5.75 Å². The number of rotatable bonds is 5. The van der Waals surface area contributed by atoms with Crippen molar-refractivity contribution in [2.45, 2.75) is 6.61 Å². The number of amides is 1. The summed E-state index contributed by atoms with van der Waals surface area (Å²) in [6.07, 6.45) is 0. The normalized spacial score (nSPS) is 10.2. The maximum absolute atomic E-state index is 12.2. The van der Waals surface area contributed by atoms with Crippen molar-refractivity contribution >= 4 is 23.2 Å². The van der Waals surface area contributed by atoms with Gasteiger partial charge >= 0.3 is 0 Å². The van der Waals surface area contributed by atoms with Crippen LogP contribution in [-0.4, -0.2) is 5.91 Å². The van der Waals surface area contributed by atoms with E-state index in [0.717, 1.165) is 5.56 Å². The topological polar surface area (TPSA) is 38.3 Å². The Morgan fingerprint density at radius 2 is 1.67 bits per heavy atom. The third-order valence-corrected chi connectivity index (χ3v) is 3.70. The van der Waals surface area contributed by atoms with Gasteiger partial charge < -0.3 is 10.1 Å². The lowest BCUT2D eigenvalue weighted by atomic mass is 10.2. The van der Waals surface area contributed by atoms with E-state index in [1.54, 1.807) is 30.3 Å². The van der Waals surface area contributed by atoms with Crippen molar-refractivity contribution in [2.75, 3.05) is 5.32 Å². The van der Waals surface area contributed by atoms with Gasteiger partial charge in [-0.3, -0.25) is 4.79 Å². The molecule has 1 N–H and O–H groups in total. The average Bonchev–Trinajstić information content (AvgIpc) is 2.62. The van der Waals surface area contributed by atoms with Crippen LogP contribution in [0.25, 0.3) is 0 Å². The summed E-state index contributed by atoms with van der Waals surface area (Å²) in [4.78, 5) is 12.2. The van der Waals surface area contributed by atoms with Gasteiger partial charge in [0.25, 0.3) is 5.91 Å². The Morgan fingerprint density at radius 3 is 2.42 bits per heavy atom. The molecule has 0 radical (unpaired) electrons. The van der Waals surface area contributed by atoms with Crippen molar-refractivity contribution in [2.24, 2.45) is 0 Å². The SMILES string of the molecule is O=C(Nc1cccc(OCc2ccccc2)c1)c1ccc(Cl)cc1. The number of hydrogen-bond acceptors (Lipinski definition) is 2. The van der Waals surface area contributed by atoms with Crippen molar-refractivity contribution in [3.05, 3.63) is 95.0 Å². The lowest BCUT2D eigenvalue weighted by Gasteiger charge is -2.09. The van der Waals surface area contributed by atoms with Crippen LogP contribution < -0.4 is 10.1 Å². The van der Waals surface area contributed by atoms with Gasteiger partial charge in [0.05, 0.1) is 0 Å². The van der Waals surface area contributed by atoms with Crippen molar-refractivity contribution in [3.8, 4) is 5.75 Å². The molecule has 0 bridgehead atoms. The lowest BCUT2D eigenvalue weighted by Crippen LogP contribution is -2.11. The molecule has 120 valence electrons. The highest BCUT2D eigenvalue weighted by atomic mass is 35.5. The molecule has 3 aromatic rings. The van der Waals surface area contributed by atoms with Crippen molar-refractivity contribution in [1.82, 2.24) is 0 Å². The maximum atomic E-state index is 12.2. The minimum absolute atomic E-state index is 0.188. The molecule has 0 aromatic heterocycles. The van der Waals surface area contributed by atoms with Crippen LogP contribution in [0.4, 0.5) is 5.69 Å². The van der Waals surface area contributed by atoms with Gasteiger partial charge in [-0.2, -0.15) is 0 Å². The molecule has 0 heterocycles. The molecule has 4 heteroatoms. The second kappa shape index (κ2) is 7.66. The zero-order valence-corrected chi connectivity index (χ0v) is 13.7. The summed E-state index contributed by atoms with van der Waals surface area (Å²) in [6.45, 7) is 0.482. The fourth-order valence-corrected chi connectivity index (χ4v) is 2.34. The standard InChI is InChI=1S/C20H16ClNO2/c21-17-11-9-16(10-12-17)20(23)22-18-7-4-8-19(13-18)24-14-15-5-2-1-3-6-15/h1-13H,14H2,(H,22,23). The molecule has 3 rings (SSSR count). The predicted molar refractivity (Wildman–Crippen MR) is 96.6 cm³/mol. The molecule has 1 amide bonds. The van der Waals surface area contributed by atoms with Crippen LogP contribution in [0.3, 0.4) is 0 Å². The molecular weight excluding hydrogens is 322 g/mol. The molecule has 0 aliphatic heterocycles. The number of ether oxygens (including phenoxy) is 1. The number of anilines is 1. The summed E-state index contributed by atoms with van der Waals surface area (Å²) < 4.78 is 5.77. The van der Waals surface area contributed by atoms with E-state index in [-0.39, 0.29) is 5.91 Å². The number of carbonyl (C=O) groups excluding carboxylic acids is 1. The molecule has 3 nitrogen and oxygen atoms in total. The first-order valence-corrected chi connectivity index (χ1v) is 7.92. The molecule has 0 aliphatic rings. The Kier molecular flexibility index (Phi) is 5.14. The number of halogens is 1. The summed E-state index contributed by atoms with van der Waals surface area (Å²) in [7, 11) is 0. The van der Waals surface area contributed by atoms with Gasteiger partial charge in [-0.15, -0.1) is 0 Å². The summed E-state index contributed by atoms with van der Waals surface area (Å²) in [5.74, 6) is 0.514. The first-order chi connectivity index (χ1) is 11.7. The largest absolute Gasteiger partial charge is 0.489 e. The Labute approximate surface area is 145 Å². The second-order valence-electron chi connectivity index (χ2n) is 5.26. The molecule has 0 fully saturated rings. The van der Waals surface area contributed by atoms with Crippen LogP contribution in [0.1, 0.15) is 15.9 Å². The van der Waals surface area contributed by atoms with Crippen LogP contribution in [-0.2, 0) is 6.61 Å². The van der Waals surface area contributed by atoms with E-state index in [9.17, 15) is 4.79 Å². The van der Waals surface area contributed by atoms with Gasteiger partial charge in [0.2, 0.25) is 0 Å². The zero-order chi connectivity index (χ0) is 16.8. The van der Waals surface area contributed by atoms with Crippen LogP contribution >= 0.6 is 11.6 Å². The summed E-state index contributed by atoms with van der Waals surface area (Å²) in [5.41, 5.74) is 2.32. The van der Waals surface area contributed by atoms with Gasteiger partial charge in [-0.05, 0) is 42.0 Å². The quantitative estimate of drug-likeness (QED) is 0.697. The van der Waals surface area contributed by atoms with Gasteiger partial charge in [0, 0.05) is 22.3 Å². The molecule has 3 aromatic carbocycles. The number of nitrogens with one attached hydrogen (secondary N) is 1. The molecule has 0 saturated heterocycles. The van der Waals surface area contributed by atoms with Gasteiger partial charge in [0.15, 0.2) is 0 Å². The molecule has 0 spiro atoms. The number of carbonyl (C=O) groups is 1. The van der Waals surface area contributed by atoms with E-state index in [1.807, 2.05) is 48.5 Å². The van der Waals surface area contributed by atoms with E-state index < -0.39 is 0 Å². The molecule has 0 atom stereocenters. The highest BCUT2D eigenvalue weighted by molar-refractivity contribution is 6.30. The summed E-state index contributed by atoms with van der Waals surface area (Å²) >= 11 is 5.83. The zero-order valence-electron chi connectivity index (χ0n) is 12.9. The first-order valence-electron chi connectivity index (χ1n) is 7.54. The fourth-order valence-electron chi connectivity index (χ4n) is 2.21. The Balaban J connectivity index is 1.64. The number of benzene rings is 3. The van der Waals surface area contributed by atoms with E-state index >= 15 is 0 Å². The van der Waals surface area contributed by atoms with Crippen LogP contribution in [0.15, 0.2) is 78.9 Å². The fraction of sp³-hybridized carbons (Fsp3) is 0.0500.